The van der Waals surface area contributed by atoms with Gasteiger partial charge in [-0.3, -0.25) is 14.2 Å². The van der Waals surface area contributed by atoms with Gasteiger partial charge >= 0.3 is 5.97 Å². The summed E-state index contributed by atoms with van der Waals surface area (Å²) in [6.45, 7) is 5.47. The van der Waals surface area contributed by atoms with Crippen molar-refractivity contribution in [3.63, 3.8) is 0 Å². The minimum absolute atomic E-state index is 0.00793. The molecule has 2 heterocycles. The van der Waals surface area contributed by atoms with E-state index in [-0.39, 0.29) is 10.9 Å². The number of carbonyl (C=O) groups is 2. The first-order valence-electron chi connectivity index (χ1n) is 9.99. The molecule has 0 aliphatic heterocycles. The zero-order valence-corrected chi connectivity index (χ0v) is 18.6. The monoisotopic (exact) mass is 447 g/mol. The highest BCUT2D eigenvalue weighted by atomic mass is 32.1. The third kappa shape index (κ3) is 3.69. The van der Waals surface area contributed by atoms with E-state index in [0.29, 0.717) is 21.9 Å². The number of benzene rings is 2. The van der Waals surface area contributed by atoms with Crippen LogP contribution in [0.3, 0.4) is 0 Å². The Kier molecular flexibility index (Phi) is 5.63. The Bertz CT molecular complexity index is 1410. The Balaban J connectivity index is 1.89. The molecule has 0 saturated carbocycles. The molecule has 162 valence electrons. The zero-order valence-electron chi connectivity index (χ0n) is 17.7. The molecule has 7 nitrogen and oxygen atoms in total. The Hall–Kier alpha value is -3.78. The molecule has 1 unspecified atom stereocenters. The lowest BCUT2D eigenvalue weighted by molar-refractivity contribution is -0.118. The topological polar surface area (TPSA) is 101 Å². The van der Waals surface area contributed by atoms with Crippen molar-refractivity contribution in [1.29, 1.82) is 0 Å². The number of anilines is 1. The molecule has 0 radical (unpaired) electrons. The Morgan fingerprint density at radius 2 is 1.81 bits per heavy atom. The summed E-state index contributed by atoms with van der Waals surface area (Å²) < 4.78 is 1.28. The first kappa shape index (κ1) is 21.5. The van der Waals surface area contributed by atoms with Crippen molar-refractivity contribution >= 4 is 39.1 Å². The molecule has 0 spiro atoms. The lowest BCUT2D eigenvalue weighted by atomic mass is 10.1. The van der Waals surface area contributed by atoms with Gasteiger partial charge in [-0.1, -0.05) is 42.5 Å². The number of nitrogens with zero attached hydrogens (tertiary/aromatic N) is 2. The molecule has 32 heavy (non-hydrogen) atoms. The lowest BCUT2D eigenvalue weighted by Crippen LogP contribution is -2.34. The molecule has 4 rings (SSSR count). The van der Waals surface area contributed by atoms with Gasteiger partial charge in [-0.15, -0.1) is 11.3 Å². The van der Waals surface area contributed by atoms with Gasteiger partial charge in [-0.25, -0.2) is 9.78 Å². The number of hydrogen-bond donors (Lipinski definition) is 2. The lowest BCUT2D eigenvalue weighted by Gasteiger charge is -2.20. The van der Waals surface area contributed by atoms with Crippen molar-refractivity contribution in [2.75, 3.05) is 5.32 Å². The van der Waals surface area contributed by atoms with Gasteiger partial charge in [-0.2, -0.15) is 0 Å². The molecule has 1 atom stereocenters. The molecule has 0 saturated heterocycles. The van der Waals surface area contributed by atoms with Crippen LogP contribution in [0.25, 0.3) is 21.6 Å². The first-order valence-corrected chi connectivity index (χ1v) is 10.9. The maximum absolute atomic E-state index is 13.5. The Labute approximate surface area is 188 Å². The fourth-order valence-electron chi connectivity index (χ4n) is 3.55. The van der Waals surface area contributed by atoms with E-state index in [0.717, 1.165) is 22.5 Å². The fourth-order valence-corrected chi connectivity index (χ4v) is 4.45. The van der Waals surface area contributed by atoms with Crippen molar-refractivity contribution in [1.82, 2.24) is 9.55 Å². The molecule has 0 bridgehead atoms. The highest BCUT2D eigenvalue weighted by molar-refractivity contribution is 7.17. The van der Waals surface area contributed by atoms with Gasteiger partial charge in [0.05, 0.1) is 10.9 Å². The molecule has 0 aliphatic carbocycles. The highest BCUT2D eigenvalue weighted by Gasteiger charge is 2.26. The predicted molar refractivity (Wildman–Crippen MR) is 126 cm³/mol. The van der Waals surface area contributed by atoms with Crippen LogP contribution in [0, 0.1) is 13.8 Å². The Morgan fingerprint density at radius 3 is 2.50 bits per heavy atom. The van der Waals surface area contributed by atoms with E-state index in [1.54, 1.807) is 25.1 Å². The highest BCUT2D eigenvalue weighted by Crippen LogP contribution is 2.28. The summed E-state index contributed by atoms with van der Waals surface area (Å²) >= 11 is 1.09. The number of hydrogen-bond acceptors (Lipinski definition) is 5. The molecule has 0 aliphatic rings. The second-order valence-electron chi connectivity index (χ2n) is 7.52. The molecule has 2 aromatic carbocycles. The quantitative estimate of drug-likeness (QED) is 0.464. The number of carboxylic acids is 1. The molecular weight excluding hydrogens is 426 g/mol. The summed E-state index contributed by atoms with van der Waals surface area (Å²) in [7, 11) is 0. The number of fused-ring (bicyclic) bond motifs is 1. The smallest absolute Gasteiger partial charge is 0.337 e. The minimum atomic E-state index is -1.21. The zero-order chi connectivity index (χ0) is 23.0. The van der Waals surface area contributed by atoms with Gasteiger partial charge in [0, 0.05) is 16.6 Å². The van der Waals surface area contributed by atoms with Crippen LogP contribution in [0.2, 0.25) is 0 Å². The number of nitrogens with one attached hydrogen (secondary N) is 1. The van der Waals surface area contributed by atoms with E-state index in [9.17, 15) is 19.5 Å². The second-order valence-corrected chi connectivity index (χ2v) is 8.38. The average Bonchev–Trinajstić information content (AvgIpc) is 3.22. The number of aromatic nitrogens is 2. The third-order valence-electron chi connectivity index (χ3n) is 5.53. The number of rotatable bonds is 5. The van der Waals surface area contributed by atoms with Crippen molar-refractivity contribution in [2.45, 2.75) is 26.8 Å². The van der Waals surface area contributed by atoms with E-state index in [1.807, 2.05) is 44.2 Å². The SMILES string of the molecule is Cc1cccc(NC(=O)C(C)n2c(-c3ccccc3)nc3scc(C(=O)O)c3c2=O)c1C. The standard InChI is InChI=1S/C24H21N3O4S/c1-13-8-7-11-18(14(13)2)25-21(28)15(3)27-20(16-9-5-4-6-10-16)26-22-19(23(27)29)17(12-32-22)24(30)31/h4-12,15H,1-3H3,(H,25,28)(H,30,31). The number of aromatic carboxylic acids is 1. The van der Waals surface area contributed by atoms with Crippen LogP contribution in [-0.4, -0.2) is 26.5 Å². The molecule has 2 aromatic heterocycles. The van der Waals surface area contributed by atoms with Gasteiger partial charge in [-0.05, 0) is 38.0 Å². The van der Waals surface area contributed by atoms with E-state index in [1.165, 1.54) is 9.95 Å². The van der Waals surface area contributed by atoms with E-state index < -0.39 is 23.5 Å². The van der Waals surface area contributed by atoms with Crippen LogP contribution < -0.4 is 10.9 Å². The average molecular weight is 448 g/mol. The normalized spacial score (nSPS) is 12.0. The van der Waals surface area contributed by atoms with Crippen LogP contribution in [0.4, 0.5) is 5.69 Å². The van der Waals surface area contributed by atoms with Crippen LogP contribution >= 0.6 is 11.3 Å². The van der Waals surface area contributed by atoms with Gasteiger partial charge in [0.15, 0.2) is 0 Å². The molecule has 0 fully saturated rings. The number of thiophene rings is 1. The summed E-state index contributed by atoms with van der Waals surface area (Å²) in [5.74, 6) is -1.29. The fraction of sp³-hybridized carbons (Fsp3) is 0.167. The van der Waals surface area contributed by atoms with Crippen molar-refractivity contribution < 1.29 is 14.7 Å². The van der Waals surface area contributed by atoms with Gasteiger partial charge in [0.2, 0.25) is 5.91 Å². The Morgan fingerprint density at radius 1 is 1.09 bits per heavy atom. The van der Waals surface area contributed by atoms with Crippen LogP contribution in [-0.2, 0) is 4.79 Å². The van der Waals surface area contributed by atoms with Crippen LogP contribution in [0.1, 0.15) is 34.5 Å². The van der Waals surface area contributed by atoms with Crippen molar-refractivity contribution in [3.8, 4) is 11.4 Å². The minimum Gasteiger partial charge on any atom is -0.478 e. The molecule has 2 N–H and O–H groups in total. The van der Waals surface area contributed by atoms with Crippen molar-refractivity contribution in [3.05, 3.63) is 81.0 Å². The van der Waals surface area contributed by atoms with Crippen LogP contribution in [0.5, 0.6) is 0 Å². The second kappa shape index (κ2) is 8.39. The largest absolute Gasteiger partial charge is 0.478 e. The summed E-state index contributed by atoms with van der Waals surface area (Å²) in [4.78, 5) is 43.3. The molecule has 4 aromatic rings. The summed E-state index contributed by atoms with van der Waals surface area (Å²) in [6, 6.07) is 13.7. The number of aryl methyl sites for hydroxylation is 1. The van der Waals surface area contributed by atoms with Gasteiger partial charge in [0.1, 0.15) is 16.7 Å². The molecule has 8 heteroatoms. The van der Waals surface area contributed by atoms with E-state index in [4.69, 9.17) is 0 Å². The number of amides is 1. The first-order chi connectivity index (χ1) is 15.3. The third-order valence-corrected chi connectivity index (χ3v) is 6.40. The summed E-state index contributed by atoms with van der Waals surface area (Å²) in [5, 5.41) is 13.8. The van der Waals surface area contributed by atoms with E-state index >= 15 is 0 Å². The van der Waals surface area contributed by atoms with Crippen molar-refractivity contribution in [2.24, 2.45) is 0 Å². The predicted octanol–water partition coefficient (Wildman–Crippen LogP) is 4.64. The summed E-state index contributed by atoms with van der Waals surface area (Å²) in [6.07, 6.45) is 0. The molecular formula is C24H21N3O4S. The number of carbonyl (C=O) groups excluding carboxylic acids is 1. The maximum Gasteiger partial charge on any atom is 0.337 e. The van der Waals surface area contributed by atoms with Gasteiger partial charge < -0.3 is 10.4 Å². The maximum atomic E-state index is 13.5. The van der Waals surface area contributed by atoms with Crippen LogP contribution in [0.15, 0.2) is 58.7 Å². The van der Waals surface area contributed by atoms with Gasteiger partial charge in [0.25, 0.3) is 5.56 Å². The number of carboxylic acid groups (broad SMARTS) is 1. The molecule has 1 amide bonds. The van der Waals surface area contributed by atoms with E-state index in [2.05, 4.69) is 10.3 Å². The summed E-state index contributed by atoms with van der Waals surface area (Å²) in [5.41, 5.74) is 2.61.